The zero-order chi connectivity index (χ0) is 18.7. The number of likely N-dealkylation sites (N-methyl/N-ethyl adjacent to an activating group) is 1. The van der Waals surface area contributed by atoms with Gasteiger partial charge >= 0.3 is 0 Å². The van der Waals surface area contributed by atoms with Gasteiger partial charge < -0.3 is 4.74 Å². The molecule has 0 aliphatic carbocycles. The lowest BCUT2D eigenvalue weighted by molar-refractivity contribution is -0.140. The summed E-state index contributed by atoms with van der Waals surface area (Å²) in [6.07, 6.45) is 0.207. The first kappa shape index (κ1) is 18.4. The summed E-state index contributed by atoms with van der Waals surface area (Å²) in [6.45, 7) is 0.865. The molecule has 0 N–H and O–H groups in total. The molecule has 0 radical (unpaired) electrons. The van der Waals surface area contributed by atoms with E-state index in [9.17, 15) is 9.59 Å². The second kappa shape index (κ2) is 7.89. The highest BCUT2D eigenvalue weighted by Gasteiger charge is 2.40. The van der Waals surface area contributed by atoms with Crippen molar-refractivity contribution in [2.45, 2.75) is 25.6 Å². The molecule has 1 fully saturated rings. The van der Waals surface area contributed by atoms with Crippen molar-refractivity contribution in [2.24, 2.45) is 0 Å². The predicted molar refractivity (Wildman–Crippen MR) is 99.9 cm³/mol. The van der Waals surface area contributed by atoms with Crippen molar-refractivity contribution in [3.63, 3.8) is 0 Å². The summed E-state index contributed by atoms with van der Waals surface area (Å²) >= 11 is 5.88. The lowest BCUT2D eigenvalue weighted by Crippen LogP contribution is -2.39. The van der Waals surface area contributed by atoms with Crippen molar-refractivity contribution >= 4 is 23.4 Å². The fourth-order valence-corrected chi connectivity index (χ4v) is 3.20. The minimum absolute atomic E-state index is 0.142. The van der Waals surface area contributed by atoms with Crippen LogP contribution >= 0.6 is 11.6 Å². The van der Waals surface area contributed by atoms with Gasteiger partial charge in [0.1, 0.15) is 5.75 Å². The fourth-order valence-electron chi connectivity index (χ4n) is 3.08. The van der Waals surface area contributed by atoms with Crippen molar-refractivity contribution in [3.05, 3.63) is 64.7 Å². The number of carbonyl (C=O) groups is 2. The smallest absolute Gasteiger partial charge is 0.247 e. The Bertz CT molecular complexity index is 790. The summed E-state index contributed by atoms with van der Waals surface area (Å²) in [5.41, 5.74) is 1.94. The molecule has 5 nitrogen and oxygen atoms in total. The van der Waals surface area contributed by atoms with Gasteiger partial charge in [-0.15, -0.1) is 0 Å². The molecular weight excluding hydrogens is 352 g/mol. The minimum Gasteiger partial charge on any atom is -0.497 e. The van der Waals surface area contributed by atoms with E-state index < -0.39 is 6.04 Å². The summed E-state index contributed by atoms with van der Waals surface area (Å²) in [6, 6.07) is 14.4. The van der Waals surface area contributed by atoms with Gasteiger partial charge in [0, 0.05) is 11.6 Å². The van der Waals surface area contributed by atoms with Crippen LogP contribution < -0.4 is 4.74 Å². The number of methoxy groups -OCH3 is 1. The van der Waals surface area contributed by atoms with Crippen LogP contribution in [0.1, 0.15) is 17.5 Å². The Balaban J connectivity index is 1.65. The Morgan fingerprint density at radius 2 is 1.69 bits per heavy atom. The maximum atomic E-state index is 12.7. The number of carbonyl (C=O) groups excluding carboxylic acids is 2. The molecule has 1 atom stereocenters. The summed E-state index contributed by atoms with van der Waals surface area (Å²) in [5.74, 6) is 0.496. The largest absolute Gasteiger partial charge is 0.497 e. The molecule has 26 heavy (non-hydrogen) atoms. The van der Waals surface area contributed by atoms with Gasteiger partial charge in [-0.2, -0.15) is 0 Å². The topological polar surface area (TPSA) is 49.9 Å². The van der Waals surface area contributed by atoms with E-state index >= 15 is 0 Å². The molecule has 3 rings (SSSR count). The van der Waals surface area contributed by atoms with Crippen LogP contribution in [0.3, 0.4) is 0 Å². The number of nitrogens with zero attached hydrogens (tertiary/aromatic N) is 2. The Morgan fingerprint density at radius 3 is 2.31 bits per heavy atom. The van der Waals surface area contributed by atoms with Crippen molar-refractivity contribution < 1.29 is 14.3 Å². The van der Waals surface area contributed by atoms with Gasteiger partial charge in [0.15, 0.2) is 0 Å². The highest BCUT2D eigenvalue weighted by Crippen LogP contribution is 2.23. The standard InChI is InChI=1S/C20H21ClN2O3/c1-22(12-14-5-9-17(26-2)10-6-14)18-11-19(24)23(20(18)25)13-15-3-7-16(21)8-4-15/h3-10,18H,11-13H2,1-2H3/t18-/m1/s1. The van der Waals surface area contributed by atoms with Crippen molar-refractivity contribution in [1.82, 2.24) is 9.80 Å². The monoisotopic (exact) mass is 372 g/mol. The van der Waals surface area contributed by atoms with Gasteiger partial charge in [0.2, 0.25) is 11.8 Å². The molecule has 2 aromatic carbocycles. The molecule has 6 heteroatoms. The summed E-state index contributed by atoms with van der Waals surface area (Å²) in [4.78, 5) is 28.3. The Hall–Kier alpha value is -2.37. The van der Waals surface area contributed by atoms with Gasteiger partial charge in [0.25, 0.3) is 0 Å². The average molecular weight is 373 g/mol. The van der Waals surface area contributed by atoms with Crippen LogP contribution in [0.25, 0.3) is 0 Å². The predicted octanol–water partition coefficient (Wildman–Crippen LogP) is 3.11. The van der Waals surface area contributed by atoms with Gasteiger partial charge in [0.05, 0.1) is 26.1 Å². The Labute approximate surface area is 158 Å². The summed E-state index contributed by atoms with van der Waals surface area (Å²) in [5, 5.41) is 0.630. The number of hydrogen-bond donors (Lipinski definition) is 0. The zero-order valence-corrected chi connectivity index (χ0v) is 15.6. The number of halogens is 1. The maximum absolute atomic E-state index is 12.7. The van der Waals surface area contributed by atoms with E-state index in [1.54, 1.807) is 19.2 Å². The molecule has 1 aliphatic rings. The first-order valence-corrected chi connectivity index (χ1v) is 8.77. The first-order chi connectivity index (χ1) is 12.5. The van der Waals surface area contributed by atoms with Crippen LogP contribution in [0.15, 0.2) is 48.5 Å². The lowest BCUT2D eigenvalue weighted by Gasteiger charge is -2.23. The minimum atomic E-state index is -0.433. The van der Waals surface area contributed by atoms with Crippen LogP contribution in [0.2, 0.25) is 5.02 Å². The highest BCUT2D eigenvalue weighted by molar-refractivity contribution is 6.30. The third-order valence-corrected chi connectivity index (χ3v) is 4.85. The Kier molecular flexibility index (Phi) is 5.59. The number of likely N-dealkylation sites (tertiary alicyclic amines) is 1. The first-order valence-electron chi connectivity index (χ1n) is 8.40. The van der Waals surface area contributed by atoms with E-state index in [4.69, 9.17) is 16.3 Å². The van der Waals surface area contributed by atoms with Gasteiger partial charge in [-0.3, -0.25) is 19.4 Å². The molecule has 1 aliphatic heterocycles. The molecule has 0 unspecified atom stereocenters. The molecule has 1 heterocycles. The number of hydrogen-bond acceptors (Lipinski definition) is 4. The van der Waals surface area contributed by atoms with Crippen molar-refractivity contribution in [1.29, 1.82) is 0 Å². The highest BCUT2D eigenvalue weighted by atomic mass is 35.5. The van der Waals surface area contributed by atoms with Crippen molar-refractivity contribution in [2.75, 3.05) is 14.2 Å². The Morgan fingerprint density at radius 1 is 1.08 bits per heavy atom. The van der Waals surface area contributed by atoms with E-state index in [-0.39, 0.29) is 24.8 Å². The molecule has 0 bridgehead atoms. The van der Waals surface area contributed by atoms with E-state index in [1.807, 2.05) is 48.3 Å². The molecule has 0 aromatic heterocycles. The fraction of sp³-hybridized carbons (Fsp3) is 0.300. The second-order valence-electron chi connectivity index (χ2n) is 6.43. The molecule has 1 saturated heterocycles. The van der Waals surface area contributed by atoms with E-state index in [2.05, 4.69) is 0 Å². The molecule has 136 valence electrons. The van der Waals surface area contributed by atoms with Gasteiger partial charge in [-0.1, -0.05) is 35.9 Å². The number of imide groups is 1. The number of ether oxygens (including phenoxy) is 1. The average Bonchev–Trinajstić information content (AvgIpc) is 2.92. The second-order valence-corrected chi connectivity index (χ2v) is 6.86. The zero-order valence-electron chi connectivity index (χ0n) is 14.8. The maximum Gasteiger partial charge on any atom is 0.247 e. The third-order valence-electron chi connectivity index (χ3n) is 4.60. The van der Waals surface area contributed by atoms with Crippen LogP contribution in [0.4, 0.5) is 0 Å². The van der Waals surface area contributed by atoms with Crippen LogP contribution in [0, 0.1) is 0 Å². The lowest BCUT2D eigenvalue weighted by atomic mass is 10.1. The quantitative estimate of drug-likeness (QED) is 0.731. The van der Waals surface area contributed by atoms with Crippen molar-refractivity contribution in [3.8, 4) is 5.75 Å². The van der Waals surface area contributed by atoms with E-state index in [0.717, 1.165) is 16.9 Å². The SMILES string of the molecule is COc1ccc(CN(C)[C@@H]2CC(=O)N(Cc3ccc(Cl)cc3)C2=O)cc1. The molecule has 2 aromatic rings. The summed E-state index contributed by atoms with van der Waals surface area (Å²) in [7, 11) is 3.49. The summed E-state index contributed by atoms with van der Waals surface area (Å²) < 4.78 is 5.16. The normalized spacial score (nSPS) is 17.2. The van der Waals surface area contributed by atoms with Crippen LogP contribution in [-0.2, 0) is 22.7 Å². The molecule has 2 amide bonds. The molecule has 0 saturated carbocycles. The van der Waals surface area contributed by atoms with Gasteiger partial charge in [-0.05, 0) is 42.4 Å². The molecule has 0 spiro atoms. The number of benzene rings is 2. The van der Waals surface area contributed by atoms with E-state index in [0.29, 0.717) is 11.6 Å². The van der Waals surface area contributed by atoms with E-state index in [1.165, 1.54) is 4.90 Å². The third kappa shape index (κ3) is 4.06. The van der Waals surface area contributed by atoms with Crippen LogP contribution in [0.5, 0.6) is 5.75 Å². The molecular formula is C20H21ClN2O3. The van der Waals surface area contributed by atoms with Crippen LogP contribution in [-0.4, -0.2) is 41.8 Å². The number of rotatable bonds is 6. The van der Waals surface area contributed by atoms with Gasteiger partial charge in [-0.25, -0.2) is 0 Å². The number of amides is 2.